The summed E-state index contributed by atoms with van der Waals surface area (Å²) in [5, 5.41) is 1.58. The Labute approximate surface area is 211 Å². The molecule has 184 valence electrons. The number of aromatic nitrogens is 2. The van der Waals surface area contributed by atoms with Crippen LogP contribution in [-0.4, -0.2) is 48.6 Å². The smallest absolute Gasteiger partial charge is 0.243 e. The van der Waals surface area contributed by atoms with Crippen LogP contribution in [0.2, 0.25) is 5.02 Å². The molecule has 1 atom stereocenters. The molecule has 0 N–H and O–H groups in total. The zero-order valence-corrected chi connectivity index (χ0v) is 22.1. The van der Waals surface area contributed by atoms with E-state index in [-0.39, 0.29) is 0 Å². The molecule has 3 aromatic rings. The van der Waals surface area contributed by atoms with Gasteiger partial charge in [-0.25, -0.2) is 13.4 Å². The summed E-state index contributed by atoms with van der Waals surface area (Å²) in [6.45, 7) is 7.38. The minimum atomic E-state index is -3.53. The Hall–Kier alpha value is -1.58. The van der Waals surface area contributed by atoms with Crippen LogP contribution in [0.1, 0.15) is 38.7 Å². The highest BCUT2D eigenvalue weighted by Gasteiger charge is 2.29. The van der Waals surface area contributed by atoms with Gasteiger partial charge in [0, 0.05) is 43.6 Å². The number of halogens is 1. The molecule has 0 aliphatic carbocycles. The molecule has 1 unspecified atom stereocenters. The molecule has 0 saturated carbocycles. The summed E-state index contributed by atoms with van der Waals surface area (Å²) in [6, 6.07) is 13.2. The molecule has 0 bridgehead atoms. The van der Waals surface area contributed by atoms with Crippen LogP contribution < -0.4 is 0 Å². The summed E-state index contributed by atoms with van der Waals surface area (Å²) in [7, 11) is -3.53. The van der Waals surface area contributed by atoms with E-state index in [0.717, 1.165) is 47.8 Å². The molecule has 0 radical (unpaired) electrons. The molecule has 1 saturated heterocycles. The Morgan fingerprint density at radius 3 is 2.85 bits per heavy atom. The highest BCUT2D eigenvalue weighted by molar-refractivity contribution is 7.98. The predicted octanol–water partition coefficient (Wildman–Crippen LogP) is 5.83. The van der Waals surface area contributed by atoms with E-state index >= 15 is 0 Å². The summed E-state index contributed by atoms with van der Waals surface area (Å²) >= 11 is 7.78. The number of imidazole rings is 1. The lowest BCUT2D eigenvalue weighted by molar-refractivity contribution is 0.141. The van der Waals surface area contributed by atoms with Crippen molar-refractivity contribution < 1.29 is 13.2 Å². The number of sulfonamides is 1. The van der Waals surface area contributed by atoms with E-state index in [0.29, 0.717) is 47.7 Å². The molecule has 1 fully saturated rings. The van der Waals surface area contributed by atoms with E-state index in [1.165, 1.54) is 0 Å². The third-order valence-corrected chi connectivity index (χ3v) is 9.22. The first-order chi connectivity index (χ1) is 16.4. The second-order valence-electron chi connectivity index (χ2n) is 8.78. The van der Waals surface area contributed by atoms with E-state index in [9.17, 15) is 8.42 Å². The Balaban J connectivity index is 1.63. The zero-order chi connectivity index (χ0) is 24.1. The molecule has 1 aliphatic rings. The van der Waals surface area contributed by atoms with Gasteiger partial charge in [-0.2, -0.15) is 4.31 Å². The van der Waals surface area contributed by atoms with E-state index < -0.39 is 10.0 Å². The Morgan fingerprint density at radius 1 is 1.24 bits per heavy atom. The zero-order valence-electron chi connectivity index (χ0n) is 19.7. The van der Waals surface area contributed by atoms with Crippen molar-refractivity contribution in [1.82, 2.24) is 13.9 Å². The predicted molar refractivity (Wildman–Crippen MR) is 139 cm³/mol. The molecule has 6 nitrogen and oxygen atoms in total. The minimum absolute atomic E-state index is 0.319. The van der Waals surface area contributed by atoms with Crippen LogP contribution in [0, 0.1) is 5.92 Å². The Kier molecular flexibility index (Phi) is 8.58. The fourth-order valence-electron chi connectivity index (χ4n) is 4.33. The van der Waals surface area contributed by atoms with E-state index in [1.807, 2.05) is 37.3 Å². The average molecular weight is 522 g/mol. The fourth-order valence-corrected chi connectivity index (χ4v) is 7.15. The summed E-state index contributed by atoms with van der Waals surface area (Å²) < 4.78 is 35.9. The van der Waals surface area contributed by atoms with Gasteiger partial charge >= 0.3 is 0 Å². The fraction of sp³-hybridized carbons (Fsp3) is 0.480. The maximum atomic E-state index is 13.3. The van der Waals surface area contributed by atoms with Crippen molar-refractivity contribution in [2.24, 2.45) is 5.92 Å². The number of thioether (sulfide) groups is 1. The van der Waals surface area contributed by atoms with Gasteiger partial charge in [0.15, 0.2) is 5.16 Å². The van der Waals surface area contributed by atoms with E-state index in [1.54, 1.807) is 28.2 Å². The molecular weight excluding hydrogens is 490 g/mol. The Bertz CT molecular complexity index is 1230. The van der Waals surface area contributed by atoms with E-state index in [2.05, 4.69) is 11.5 Å². The number of fused-ring (bicyclic) bond motifs is 1. The van der Waals surface area contributed by atoms with Crippen molar-refractivity contribution in [3.63, 3.8) is 0 Å². The number of piperidine rings is 1. The van der Waals surface area contributed by atoms with Gasteiger partial charge in [-0.3, -0.25) is 0 Å². The van der Waals surface area contributed by atoms with Crippen LogP contribution in [0.4, 0.5) is 0 Å². The molecule has 2 aromatic carbocycles. The van der Waals surface area contributed by atoms with Gasteiger partial charge in [0.25, 0.3) is 0 Å². The second kappa shape index (κ2) is 11.4. The quantitative estimate of drug-likeness (QED) is 0.248. The van der Waals surface area contributed by atoms with Crippen molar-refractivity contribution in [3.05, 3.63) is 53.1 Å². The Morgan fingerprint density at radius 2 is 2.09 bits per heavy atom. The van der Waals surface area contributed by atoms with Crippen molar-refractivity contribution >= 4 is 44.4 Å². The van der Waals surface area contributed by atoms with Gasteiger partial charge in [-0.05, 0) is 68.0 Å². The third-order valence-electron chi connectivity index (χ3n) is 6.07. The minimum Gasteiger partial charge on any atom is -0.382 e. The lowest BCUT2D eigenvalue weighted by atomic mass is 10.0. The van der Waals surface area contributed by atoms with Gasteiger partial charge in [-0.15, -0.1) is 0 Å². The first-order valence-electron chi connectivity index (χ1n) is 11.8. The summed E-state index contributed by atoms with van der Waals surface area (Å²) in [5.41, 5.74) is 2.76. The SMILES string of the molecule is CCOCCCn1c(SCc2cccc(Cl)c2)nc2cc(S(=O)(=O)N3CCCC(C)C3)ccc21. The number of nitrogens with zero attached hydrogens (tertiary/aromatic N) is 3. The third kappa shape index (κ3) is 5.97. The first-order valence-corrected chi connectivity index (χ1v) is 14.6. The second-order valence-corrected chi connectivity index (χ2v) is 12.1. The molecule has 9 heteroatoms. The van der Waals surface area contributed by atoms with Gasteiger partial charge in [-0.1, -0.05) is 42.4 Å². The van der Waals surface area contributed by atoms with Crippen LogP contribution in [-0.2, 0) is 27.1 Å². The van der Waals surface area contributed by atoms with Crippen molar-refractivity contribution in [1.29, 1.82) is 0 Å². The molecule has 0 amide bonds. The van der Waals surface area contributed by atoms with Crippen LogP contribution >= 0.6 is 23.4 Å². The summed E-state index contributed by atoms with van der Waals surface area (Å²) in [4.78, 5) is 5.17. The molecule has 4 rings (SSSR count). The summed E-state index contributed by atoms with van der Waals surface area (Å²) in [6.07, 6.45) is 2.83. The lowest BCUT2D eigenvalue weighted by Gasteiger charge is -2.30. The molecule has 1 aliphatic heterocycles. The average Bonchev–Trinajstić information content (AvgIpc) is 3.17. The van der Waals surface area contributed by atoms with Crippen molar-refractivity contribution in [3.8, 4) is 0 Å². The van der Waals surface area contributed by atoms with Crippen LogP contribution in [0.3, 0.4) is 0 Å². The van der Waals surface area contributed by atoms with Gasteiger partial charge < -0.3 is 9.30 Å². The number of aryl methyl sites for hydroxylation is 1. The number of benzene rings is 2. The first kappa shape index (κ1) is 25.5. The van der Waals surface area contributed by atoms with Gasteiger partial charge in [0.05, 0.1) is 15.9 Å². The molecule has 1 aromatic heterocycles. The number of hydrogen-bond donors (Lipinski definition) is 0. The molecule has 2 heterocycles. The van der Waals surface area contributed by atoms with Crippen molar-refractivity contribution in [2.75, 3.05) is 26.3 Å². The standard InChI is InChI=1S/C25H32ClN3O3S2/c1-3-32-14-6-13-29-24-11-10-22(34(30,31)28-12-5-7-19(2)17-28)16-23(24)27-25(29)33-18-20-8-4-9-21(26)15-20/h4,8-11,15-16,19H,3,5-7,12-14,17-18H2,1-2H3. The number of ether oxygens (including phenoxy) is 1. The van der Waals surface area contributed by atoms with Crippen LogP contribution in [0.15, 0.2) is 52.5 Å². The number of hydrogen-bond acceptors (Lipinski definition) is 5. The topological polar surface area (TPSA) is 64.4 Å². The maximum absolute atomic E-state index is 13.3. The van der Waals surface area contributed by atoms with Gasteiger partial charge in [0.2, 0.25) is 10.0 Å². The number of rotatable bonds is 10. The molecule has 34 heavy (non-hydrogen) atoms. The molecular formula is C25H32ClN3O3S2. The van der Waals surface area contributed by atoms with Crippen LogP contribution in [0.5, 0.6) is 0 Å². The normalized spacial score (nSPS) is 17.4. The van der Waals surface area contributed by atoms with Crippen molar-refractivity contribution in [2.45, 2.75) is 55.5 Å². The lowest BCUT2D eigenvalue weighted by Crippen LogP contribution is -2.39. The summed E-state index contributed by atoms with van der Waals surface area (Å²) in [5.74, 6) is 1.11. The molecule has 0 spiro atoms. The van der Waals surface area contributed by atoms with Crippen LogP contribution in [0.25, 0.3) is 11.0 Å². The highest BCUT2D eigenvalue weighted by atomic mass is 35.5. The monoisotopic (exact) mass is 521 g/mol. The van der Waals surface area contributed by atoms with E-state index in [4.69, 9.17) is 21.3 Å². The maximum Gasteiger partial charge on any atom is 0.243 e. The largest absolute Gasteiger partial charge is 0.382 e. The van der Waals surface area contributed by atoms with Gasteiger partial charge in [0.1, 0.15) is 0 Å². The highest BCUT2D eigenvalue weighted by Crippen LogP contribution is 2.31.